The van der Waals surface area contributed by atoms with Crippen LogP contribution in [0, 0.1) is 0 Å². The third-order valence-corrected chi connectivity index (χ3v) is 2.11. The van der Waals surface area contributed by atoms with Gasteiger partial charge in [-0.15, -0.1) is 0 Å². The molecule has 0 radical (unpaired) electrons. The van der Waals surface area contributed by atoms with Crippen LogP contribution in [0.4, 0.5) is 4.79 Å². The molecule has 0 aliphatic rings. The van der Waals surface area contributed by atoms with E-state index in [2.05, 4.69) is 10.6 Å². The number of urea groups is 1. The number of amides is 3. The normalized spacial score (nSPS) is 11.5. The lowest BCUT2D eigenvalue weighted by molar-refractivity contribution is -0.139. The number of hydrogen-bond acceptors (Lipinski definition) is 4. The predicted molar refractivity (Wildman–Crippen MR) is 63.0 cm³/mol. The zero-order chi connectivity index (χ0) is 14.1. The molecule has 0 aromatic carbocycles. The molecule has 8 nitrogen and oxygen atoms in total. The molecule has 18 heavy (non-hydrogen) atoms. The van der Waals surface area contributed by atoms with Crippen LogP contribution in [0.5, 0.6) is 0 Å². The first-order valence-corrected chi connectivity index (χ1v) is 5.54. The summed E-state index contributed by atoms with van der Waals surface area (Å²) >= 11 is 0. The van der Waals surface area contributed by atoms with Gasteiger partial charge in [-0.2, -0.15) is 0 Å². The third-order valence-electron chi connectivity index (χ3n) is 2.11. The highest BCUT2D eigenvalue weighted by molar-refractivity contribution is 5.86. The smallest absolute Gasteiger partial charge is 0.326 e. The van der Waals surface area contributed by atoms with Gasteiger partial charge in [0.2, 0.25) is 5.91 Å². The van der Waals surface area contributed by atoms with Crippen molar-refractivity contribution in [3.63, 3.8) is 0 Å². The predicted octanol–water partition coefficient (Wildman–Crippen LogP) is -1.40. The fourth-order valence-electron chi connectivity index (χ4n) is 1.19. The van der Waals surface area contributed by atoms with E-state index in [1.54, 1.807) is 6.92 Å². The maximum absolute atomic E-state index is 11.6. The van der Waals surface area contributed by atoms with Gasteiger partial charge in [0.05, 0.1) is 0 Å². The van der Waals surface area contributed by atoms with Crippen LogP contribution in [0.3, 0.4) is 0 Å². The Morgan fingerprint density at radius 1 is 1.33 bits per heavy atom. The van der Waals surface area contributed by atoms with E-state index in [-0.39, 0.29) is 25.5 Å². The van der Waals surface area contributed by atoms with E-state index in [9.17, 15) is 14.4 Å². The Morgan fingerprint density at radius 3 is 2.39 bits per heavy atom. The van der Waals surface area contributed by atoms with Crippen LogP contribution in [0.25, 0.3) is 0 Å². The molecule has 0 bridgehead atoms. The van der Waals surface area contributed by atoms with Gasteiger partial charge in [0.15, 0.2) is 0 Å². The van der Waals surface area contributed by atoms with Crippen molar-refractivity contribution in [2.45, 2.75) is 19.4 Å². The summed E-state index contributed by atoms with van der Waals surface area (Å²) in [6.07, 6.45) is -0.0872. The molecule has 3 amide bonds. The lowest BCUT2D eigenvalue weighted by Gasteiger charge is -2.20. The third kappa shape index (κ3) is 6.04. The van der Waals surface area contributed by atoms with Crippen LogP contribution in [0.2, 0.25) is 0 Å². The van der Waals surface area contributed by atoms with Crippen molar-refractivity contribution < 1.29 is 24.6 Å². The number of carbonyl (C=O) groups is 3. The number of carboxylic acids is 1. The first-order chi connectivity index (χ1) is 8.42. The quantitative estimate of drug-likeness (QED) is 0.449. The maximum atomic E-state index is 11.6. The number of aliphatic hydroxyl groups is 1. The molecular weight excluding hydrogens is 242 g/mol. The van der Waals surface area contributed by atoms with Gasteiger partial charge in [-0.1, -0.05) is 0 Å². The summed E-state index contributed by atoms with van der Waals surface area (Å²) in [6, 6.07) is -1.85. The Bertz CT molecular complexity index is 308. The number of rotatable bonds is 7. The molecule has 8 heteroatoms. The van der Waals surface area contributed by atoms with Gasteiger partial charge >= 0.3 is 12.0 Å². The van der Waals surface area contributed by atoms with Crippen molar-refractivity contribution in [1.82, 2.24) is 15.5 Å². The number of carboxylic acid groups (broad SMARTS) is 1. The molecule has 0 heterocycles. The van der Waals surface area contributed by atoms with Crippen LogP contribution in [-0.4, -0.2) is 65.8 Å². The lowest BCUT2D eigenvalue weighted by atomic mass is 10.2. The Labute approximate surface area is 105 Å². The van der Waals surface area contributed by atoms with Gasteiger partial charge in [0, 0.05) is 26.6 Å². The lowest BCUT2D eigenvalue weighted by Crippen LogP contribution is -2.49. The largest absolute Gasteiger partial charge is 0.480 e. The standard InChI is InChI=1S/C10H19N3O5/c1-3-11-8(15)6-13(2)10(18)12-7(4-5-14)9(16)17/h7,14H,3-6H2,1-2H3,(H,11,15)(H,12,18)(H,16,17). The Kier molecular flexibility index (Phi) is 7.45. The minimum Gasteiger partial charge on any atom is -0.480 e. The summed E-state index contributed by atoms with van der Waals surface area (Å²) in [4.78, 5) is 34.6. The molecule has 0 rings (SSSR count). The molecule has 0 aromatic rings. The molecule has 4 N–H and O–H groups in total. The number of hydrogen-bond donors (Lipinski definition) is 4. The van der Waals surface area contributed by atoms with Crippen molar-refractivity contribution in [3.8, 4) is 0 Å². The van der Waals surface area contributed by atoms with E-state index in [1.165, 1.54) is 7.05 Å². The molecule has 0 aliphatic carbocycles. The van der Waals surface area contributed by atoms with E-state index in [0.29, 0.717) is 6.54 Å². The molecule has 1 unspecified atom stereocenters. The molecule has 0 saturated carbocycles. The van der Waals surface area contributed by atoms with Gasteiger partial charge in [-0.05, 0) is 6.92 Å². The highest BCUT2D eigenvalue weighted by Gasteiger charge is 2.21. The van der Waals surface area contributed by atoms with Crippen LogP contribution in [0.1, 0.15) is 13.3 Å². The van der Waals surface area contributed by atoms with Crippen molar-refractivity contribution in [3.05, 3.63) is 0 Å². The summed E-state index contributed by atoms with van der Waals surface area (Å²) < 4.78 is 0. The molecule has 0 fully saturated rings. The molecule has 104 valence electrons. The molecule has 0 saturated heterocycles. The van der Waals surface area contributed by atoms with Crippen molar-refractivity contribution in [1.29, 1.82) is 0 Å². The van der Waals surface area contributed by atoms with E-state index < -0.39 is 18.0 Å². The SMILES string of the molecule is CCNC(=O)CN(C)C(=O)NC(CCO)C(=O)O. The van der Waals surface area contributed by atoms with E-state index in [1.807, 2.05) is 0 Å². The second-order valence-corrected chi connectivity index (χ2v) is 3.66. The van der Waals surface area contributed by atoms with Crippen molar-refractivity contribution in [2.75, 3.05) is 26.7 Å². The summed E-state index contributed by atoms with van der Waals surface area (Å²) in [6.45, 7) is 1.69. The highest BCUT2D eigenvalue weighted by Crippen LogP contribution is 1.94. The summed E-state index contributed by atoms with van der Waals surface area (Å²) in [5, 5.41) is 22.2. The van der Waals surface area contributed by atoms with Crippen LogP contribution in [0.15, 0.2) is 0 Å². The van der Waals surface area contributed by atoms with E-state index >= 15 is 0 Å². The Morgan fingerprint density at radius 2 is 1.94 bits per heavy atom. The second kappa shape index (κ2) is 8.29. The van der Waals surface area contributed by atoms with Gasteiger partial charge in [0.25, 0.3) is 0 Å². The number of nitrogens with one attached hydrogen (secondary N) is 2. The summed E-state index contributed by atoms with van der Waals surface area (Å²) in [5.74, 6) is -1.56. The zero-order valence-corrected chi connectivity index (χ0v) is 10.5. The molecular formula is C10H19N3O5. The maximum Gasteiger partial charge on any atom is 0.326 e. The molecule has 0 spiro atoms. The fraction of sp³-hybridized carbons (Fsp3) is 0.700. The molecule has 1 atom stereocenters. The zero-order valence-electron chi connectivity index (χ0n) is 10.5. The van der Waals surface area contributed by atoms with E-state index in [0.717, 1.165) is 4.90 Å². The van der Waals surface area contributed by atoms with Crippen LogP contribution >= 0.6 is 0 Å². The van der Waals surface area contributed by atoms with Crippen LogP contribution < -0.4 is 10.6 Å². The Balaban J connectivity index is 4.28. The van der Waals surface area contributed by atoms with Gasteiger partial charge < -0.3 is 25.7 Å². The van der Waals surface area contributed by atoms with Crippen molar-refractivity contribution in [2.24, 2.45) is 0 Å². The first-order valence-electron chi connectivity index (χ1n) is 5.54. The number of aliphatic hydroxyl groups excluding tert-OH is 1. The van der Waals surface area contributed by atoms with Gasteiger partial charge in [0.1, 0.15) is 12.6 Å². The summed E-state index contributed by atoms with van der Waals surface area (Å²) in [5.41, 5.74) is 0. The van der Waals surface area contributed by atoms with Gasteiger partial charge in [-0.25, -0.2) is 9.59 Å². The number of aliphatic carboxylic acids is 1. The number of likely N-dealkylation sites (N-methyl/N-ethyl adjacent to an activating group) is 2. The van der Waals surface area contributed by atoms with Crippen molar-refractivity contribution >= 4 is 17.9 Å². The number of nitrogens with zero attached hydrogens (tertiary/aromatic N) is 1. The first kappa shape index (κ1) is 16.2. The average Bonchev–Trinajstić information content (AvgIpc) is 2.28. The minimum absolute atomic E-state index is 0.0872. The molecule has 0 aromatic heterocycles. The second-order valence-electron chi connectivity index (χ2n) is 3.66. The Hall–Kier alpha value is -1.83. The minimum atomic E-state index is -1.23. The van der Waals surface area contributed by atoms with E-state index in [4.69, 9.17) is 10.2 Å². The topological polar surface area (TPSA) is 119 Å². The number of carbonyl (C=O) groups excluding carboxylic acids is 2. The summed E-state index contributed by atoms with van der Waals surface area (Å²) in [7, 11) is 1.38. The average molecular weight is 261 g/mol. The molecule has 0 aliphatic heterocycles. The highest BCUT2D eigenvalue weighted by atomic mass is 16.4. The van der Waals surface area contributed by atoms with Gasteiger partial charge in [-0.3, -0.25) is 4.79 Å². The fourth-order valence-corrected chi connectivity index (χ4v) is 1.19. The monoisotopic (exact) mass is 261 g/mol. The van der Waals surface area contributed by atoms with Crippen LogP contribution in [-0.2, 0) is 9.59 Å².